The third kappa shape index (κ3) is 6.95. The number of aromatic hydroxyl groups is 3. The lowest BCUT2D eigenvalue weighted by atomic mass is 9.97. The highest BCUT2D eigenvalue weighted by Gasteiger charge is 2.51. The molecule has 2 aromatic carbocycles. The number of carbonyl (C=O) groups is 1. The first kappa shape index (κ1) is 32.7. The highest BCUT2D eigenvalue weighted by molar-refractivity contribution is 6.01. The first-order valence-corrected chi connectivity index (χ1v) is 13.5. The number of methoxy groups -OCH3 is 1. The molecule has 0 bridgehead atoms. The van der Waals surface area contributed by atoms with Gasteiger partial charge in [0, 0.05) is 18.6 Å². The van der Waals surface area contributed by atoms with Gasteiger partial charge in [0.05, 0.1) is 19.8 Å². The molecule has 2 fully saturated rings. The summed E-state index contributed by atoms with van der Waals surface area (Å²) in [6.45, 7) is 0.662. The molecule has 2 heterocycles. The molecule has 0 aliphatic carbocycles. The Morgan fingerprint density at radius 3 is 2.12 bits per heavy atom. The number of aliphatic hydroxyl groups is 6. The van der Waals surface area contributed by atoms with E-state index in [0.717, 1.165) is 12.1 Å². The first-order chi connectivity index (χ1) is 20.4. The van der Waals surface area contributed by atoms with E-state index in [9.17, 15) is 50.8 Å². The first-order valence-electron chi connectivity index (χ1n) is 13.5. The van der Waals surface area contributed by atoms with Crippen molar-refractivity contribution in [1.29, 1.82) is 0 Å². The molecule has 43 heavy (non-hydrogen) atoms. The van der Waals surface area contributed by atoms with E-state index in [2.05, 4.69) is 0 Å². The lowest BCUT2D eigenvalue weighted by molar-refractivity contribution is -0.354. The van der Waals surface area contributed by atoms with Crippen molar-refractivity contribution in [3.05, 3.63) is 41.5 Å². The molecule has 0 spiro atoms. The van der Waals surface area contributed by atoms with Crippen LogP contribution in [0.4, 0.5) is 0 Å². The Bertz CT molecular complexity index is 1250. The highest BCUT2D eigenvalue weighted by Crippen LogP contribution is 2.37. The predicted molar refractivity (Wildman–Crippen MR) is 143 cm³/mol. The lowest BCUT2D eigenvalue weighted by Gasteiger charge is -2.45. The second-order valence-electron chi connectivity index (χ2n) is 10.4. The molecule has 0 amide bonds. The number of hydrogen-bond acceptors (Lipinski definition) is 15. The number of phenols is 3. The van der Waals surface area contributed by atoms with Gasteiger partial charge in [-0.05, 0) is 31.0 Å². The molecule has 4 rings (SSSR count). The average molecular weight is 613 g/mol. The van der Waals surface area contributed by atoms with Gasteiger partial charge in [-0.1, -0.05) is 6.07 Å². The molecule has 2 aromatic rings. The van der Waals surface area contributed by atoms with Crippen LogP contribution in [0.1, 0.15) is 29.3 Å². The molecular formula is C28H36O15. The number of hydrogen-bond donors (Lipinski definition) is 9. The Balaban J connectivity index is 1.51. The van der Waals surface area contributed by atoms with Crippen molar-refractivity contribution in [2.24, 2.45) is 0 Å². The standard InChI is InChI=1S/C28H36O15/c1-11-21(34)23(36)25(38)27(40-11)43-26-24(37)22(35)19(10-29)42-28(26)41-13-8-16(32)20(17(33)9-13)14(30)5-3-12-4-6-18(39-2)15(31)7-12/h4,6-9,11,19,21-29,31-38H,3,5,10H2,1-2H3/t11-,19+,21-,22+,23+,24-,25+,26+,27-,28+/m1/s1. The number of Topliss-reactive ketones (excluding diaryl/α,β-unsaturated/α-hetero) is 1. The topological polar surface area (TPSA) is 245 Å². The molecule has 0 saturated carbocycles. The van der Waals surface area contributed by atoms with Crippen LogP contribution >= 0.6 is 0 Å². The highest BCUT2D eigenvalue weighted by atomic mass is 16.8. The molecule has 9 N–H and O–H groups in total. The zero-order valence-electron chi connectivity index (χ0n) is 23.3. The second-order valence-corrected chi connectivity index (χ2v) is 10.4. The molecule has 15 nitrogen and oxygen atoms in total. The molecule has 10 atom stereocenters. The van der Waals surface area contributed by atoms with Gasteiger partial charge < -0.3 is 69.6 Å². The Kier molecular flexibility index (Phi) is 10.3. The van der Waals surface area contributed by atoms with Crippen LogP contribution in [0.15, 0.2) is 30.3 Å². The summed E-state index contributed by atoms with van der Waals surface area (Å²) in [4.78, 5) is 12.9. The molecule has 15 heteroatoms. The van der Waals surface area contributed by atoms with E-state index in [4.69, 9.17) is 23.7 Å². The van der Waals surface area contributed by atoms with E-state index in [-0.39, 0.29) is 30.1 Å². The van der Waals surface area contributed by atoms with Crippen LogP contribution < -0.4 is 9.47 Å². The fourth-order valence-electron chi connectivity index (χ4n) is 4.93. The third-order valence-electron chi connectivity index (χ3n) is 7.41. The number of benzene rings is 2. The molecule has 238 valence electrons. The van der Waals surface area contributed by atoms with Crippen molar-refractivity contribution in [3.8, 4) is 28.7 Å². The van der Waals surface area contributed by atoms with E-state index >= 15 is 0 Å². The van der Waals surface area contributed by atoms with E-state index in [1.165, 1.54) is 26.2 Å². The summed E-state index contributed by atoms with van der Waals surface area (Å²) in [6.07, 6.45) is -15.5. The van der Waals surface area contributed by atoms with Gasteiger partial charge in [-0.3, -0.25) is 4.79 Å². The maximum Gasteiger partial charge on any atom is 0.229 e. The third-order valence-corrected chi connectivity index (χ3v) is 7.41. The van der Waals surface area contributed by atoms with Crippen molar-refractivity contribution < 1.29 is 74.4 Å². The van der Waals surface area contributed by atoms with Crippen molar-refractivity contribution in [1.82, 2.24) is 0 Å². The zero-order valence-corrected chi connectivity index (χ0v) is 23.3. The quantitative estimate of drug-likeness (QED) is 0.141. The second kappa shape index (κ2) is 13.6. The van der Waals surface area contributed by atoms with Crippen LogP contribution in [0.2, 0.25) is 0 Å². The Morgan fingerprint density at radius 1 is 0.837 bits per heavy atom. The largest absolute Gasteiger partial charge is 0.507 e. The number of ketones is 1. The Labute approximate surface area is 245 Å². The van der Waals surface area contributed by atoms with Gasteiger partial charge >= 0.3 is 0 Å². The maximum absolute atomic E-state index is 12.9. The summed E-state index contributed by atoms with van der Waals surface area (Å²) in [5, 5.41) is 92.3. The molecule has 2 aliphatic rings. The van der Waals surface area contributed by atoms with E-state index in [1.807, 2.05) is 0 Å². The van der Waals surface area contributed by atoms with Crippen LogP contribution in [0, 0.1) is 0 Å². The number of aryl methyl sites for hydroxylation is 1. The van der Waals surface area contributed by atoms with Crippen LogP contribution in [0.3, 0.4) is 0 Å². The summed E-state index contributed by atoms with van der Waals surface area (Å²) in [5.41, 5.74) is 0.208. The summed E-state index contributed by atoms with van der Waals surface area (Å²) in [6, 6.07) is 6.59. The fraction of sp³-hybridized carbons (Fsp3) is 0.536. The molecule has 0 radical (unpaired) electrons. The summed E-state index contributed by atoms with van der Waals surface area (Å²) in [7, 11) is 1.40. The average Bonchev–Trinajstić information content (AvgIpc) is 2.96. The van der Waals surface area contributed by atoms with E-state index in [1.54, 1.807) is 6.07 Å². The molecule has 0 aromatic heterocycles. The van der Waals surface area contributed by atoms with E-state index in [0.29, 0.717) is 5.56 Å². The van der Waals surface area contributed by atoms with Crippen molar-refractivity contribution in [3.63, 3.8) is 0 Å². The van der Waals surface area contributed by atoms with Crippen molar-refractivity contribution in [2.75, 3.05) is 13.7 Å². The number of ether oxygens (including phenoxy) is 5. The summed E-state index contributed by atoms with van der Waals surface area (Å²) in [5.74, 6) is -2.04. The Morgan fingerprint density at radius 2 is 1.51 bits per heavy atom. The minimum Gasteiger partial charge on any atom is -0.507 e. The monoisotopic (exact) mass is 612 g/mol. The minimum absolute atomic E-state index is 0.110. The van der Waals surface area contributed by atoms with Gasteiger partial charge in [0.15, 0.2) is 29.7 Å². The summed E-state index contributed by atoms with van der Waals surface area (Å²) >= 11 is 0. The fourth-order valence-corrected chi connectivity index (χ4v) is 4.93. The smallest absolute Gasteiger partial charge is 0.229 e. The van der Waals surface area contributed by atoms with Crippen LogP contribution in [-0.2, 0) is 20.6 Å². The van der Waals surface area contributed by atoms with Crippen molar-refractivity contribution >= 4 is 5.78 Å². The number of aliphatic hydroxyl groups excluding tert-OH is 6. The molecular weight excluding hydrogens is 576 g/mol. The van der Waals surface area contributed by atoms with Gasteiger partial charge in [-0.2, -0.15) is 0 Å². The Hall–Kier alpha value is -3.25. The lowest BCUT2D eigenvalue weighted by Crippen LogP contribution is -2.64. The van der Waals surface area contributed by atoms with Crippen LogP contribution in [0.5, 0.6) is 28.7 Å². The van der Waals surface area contributed by atoms with Gasteiger partial charge in [0.1, 0.15) is 59.4 Å². The van der Waals surface area contributed by atoms with Gasteiger partial charge in [-0.15, -0.1) is 0 Å². The minimum atomic E-state index is -1.79. The normalized spacial score (nSPS) is 32.7. The molecule has 0 unspecified atom stereocenters. The van der Waals surface area contributed by atoms with Gasteiger partial charge in [-0.25, -0.2) is 0 Å². The SMILES string of the molecule is COc1ccc(CCC(=O)c2c(O)cc(O[C@H]3O[C@@H](CO)[C@H](O)[C@@H](O)[C@@H]3O[C@H]3O[C@H](C)[C@@H](O)[C@H](O)[C@@H]3O)cc2O)cc1O. The molecule has 2 aliphatic heterocycles. The number of rotatable bonds is 10. The number of carbonyl (C=O) groups excluding carboxylic acids is 1. The van der Waals surface area contributed by atoms with Crippen molar-refractivity contribution in [2.45, 2.75) is 81.2 Å². The predicted octanol–water partition coefficient (Wildman–Crippen LogP) is -1.34. The van der Waals surface area contributed by atoms with Gasteiger partial charge in [0.25, 0.3) is 0 Å². The van der Waals surface area contributed by atoms with Crippen LogP contribution in [-0.4, -0.2) is 127 Å². The van der Waals surface area contributed by atoms with Crippen LogP contribution in [0.25, 0.3) is 0 Å². The molecule has 2 saturated heterocycles. The zero-order chi connectivity index (χ0) is 31.6. The van der Waals surface area contributed by atoms with Gasteiger partial charge in [0.2, 0.25) is 6.29 Å². The van der Waals surface area contributed by atoms with E-state index < -0.39 is 90.9 Å². The summed E-state index contributed by atoms with van der Waals surface area (Å²) < 4.78 is 27.2. The number of phenolic OH excluding ortho intramolecular Hbond substituents is 3. The maximum atomic E-state index is 12.9.